The minimum absolute atomic E-state index is 0.0921. The number of nitrogens with zero attached hydrogens (tertiary/aromatic N) is 5. The van der Waals surface area contributed by atoms with Crippen LogP contribution < -0.4 is 11.1 Å². The van der Waals surface area contributed by atoms with Gasteiger partial charge in [-0.3, -0.25) is 4.79 Å². The minimum atomic E-state index is -1.25. The van der Waals surface area contributed by atoms with Gasteiger partial charge in [0.2, 0.25) is 5.91 Å². The van der Waals surface area contributed by atoms with Gasteiger partial charge in [0.25, 0.3) is 0 Å². The third kappa shape index (κ3) is 3.64. The highest BCUT2D eigenvalue weighted by Gasteiger charge is 2.47. The third-order valence-electron chi connectivity index (χ3n) is 6.58. The zero-order chi connectivity index (χ0) is 25.9. The van der Waals surface area contributed by atoms with Gasteiger partial charge in [-0.05, 0) is 42.3 Å². The second-order valence-corrected chi connectivity index (χ2v) is 9.35. The van der Waals surface area contributed by atoms with E-state index < -0.39 is 5.41 Å². The van der Waals surface area contributed by atoms with Crippen molar-refractivity contribution in [2.75, 3.05) is 11.1 Å². The predicted octanol–water partition coefficient (Wildman–Crippen LogP) is 4.12. The van der Waals surface area contributed by atoms with Gasteiger partial charge in [0, 0.05) is 25.0 Å². The second kappa shape index (κ2) is 8.24. The van der Waals surface area contributed by atoms with Crippen LogP contribution in [0.2, 0.25) is 5.02 Å². The Hall–Kier alpha value is -4.57. The third-order valence-corrected chi connectivity index (χ3v) is 6.90. The van der Waals surface area contributed by atoms with Crippen LogP contribution in [0, 0.1) is 5.82 Å². The van der Waals surface area contributed by atoms with Crippen LogP contribution in [0.25, 0.3) is 17.2 Å². The molecule has 0 radical (unpaired) electrons. The number of hydrogen-bond donors (Lipinski definition) is 3. The Morgan fingerprint density at radius 2 is 2.03 bits per heavy atom. The number of aromatic nitrogens is 5. The quantitative estimate of drug-likeness (QED) is 0.328. The van der Waals surface area contributed by atoms with Crippen LogP contribution in [0.4, 0.5) is 16.0 Å². The number of nitrogen functional groups attached to an aromatic ring is 1. The number of nitrogens with two attached hydrogens (primary N) is 1. The fraction of sp³-hybridized carbons (Fsp3) is 0.115. The molecule has 1 aliphatic rings. The molecule has 0 saturated carbocycles. The Morgan fingerprint density at radius 3 is 2.81 bits per heavy atom. The van der Waals surface area contributed by atoms with Crippen LogP contribution in [0.15, 0.2) is 61.1 Å². The number of hydrogen-bond acceptors (Lipinski definition) is 7. The molecule has 9 nitrogen and oxygen atoms in total. The molecule has 1 atom stereocenters. The van der Waals surface area contributed by atoms with Gasteiger partial charge in [0.15, 0.2) is 11.5 Å². The van der Waals surface area contributed by atoms with E-state index in [4.69, 9.17) is 22.3 Å². The van der Waals surface area contributed by atoms with Gasteiger partial charge < -0.3 is 20.6 Å². The van der Waals surface area contributed by atoms with Crippen molar-refractivity contribution in [3.63, 3.8) is 0 Å². The molecule has 3 aromatic heterocycles. The molecule has 1 unspecified atom stereocenters. The number of rotatable bonds is 4. The fourth-order valence-electron chi connectivity index (χ4n) is 4.68. The fourth-order valence-corrected chi connectivity index (χ4v) is 4.80. The summed E-state index contributed by atoms with van der Waals surface area (Å²) in [6.45, 7) is 1.68. The molecule has 4 N–H and O–H groups in total. The van der Waals surface area contributed by atoms with Gasteiger partial charge in [-0.25, -0.2) is 24.3 Å². The van der Waals surface area contributed by atoms with Crippen molar-refractivity contribution in [2.24, 2.45) is 0 Å². The summed E-state index contributed by atoms with van der Waals surface area (Å²) in [5, 5.41) is 13.1. The molecule has 11 heteroatoms. The van der Waals surface area contributed by atoms with E-state index in [1.54, 1.807) is 42.0 Å². The Balaban J connectivity index is 1.46. The molecule has 0 aliphatic carbocycles. The topological polar surface area (TPSA) is 131 Å². The summed E-state index contributed by atoms with van der Waals surface area (Å²) in [6.07, 6.45) is 5.45. The number of anilines is 2. The first-order valence-electron chi connectivity index (χ1n) is 11.3. The Kier molecular flexibility index (Phi) is 5.09. The first-order chi connectivity index (χ1) is 17.7. The first kappa shape index (κ1) is 22.9. The normalized spacial score (nSPS) is 16.7. The molecule has 6 rings (SSSR count). The monoisotopic (exact) mass is 515 g/mol. The smallest absolute Gasteiger partial charge is 0.240 e. The maximum Gasteiger partial charge on any atom is 0.240 e. The van der Waals surface area contributed by atoms with Crippen molar-refractivity contribution in [2.45, 2.75) is 18.8 Å². The number of carbonyl (C=O) groups excluding carboxylic acids is 1. The van der Waals surface area contributed by atoms with Crippen molar-refractivity contribution < 1.29 is 14.3 Å². The molecule has 0 spiro atoms. The average molecular weight is 516 g/mol. The van der Waals surface area contributed by atoms with Crippen molar-refractivity contribution in [1.29, 1.82) is 0 Å². The number of phenolic OH excluding ortho intramolecular Hbond substituents is 1. The predicted molar refractivity (Wildman–Crippen MR) is 136 cm³/mol. The van der Waals surface area contributed by atoms with Gasteiger partial charge in [0.1, 0.15) is 34.3 Å². The molecule has 4 heterocycles. The van der Waals surface area contributed by atoms with Crippen molar-refractivity contribution in [3.8, 4) is 17.3 Å². The molecule has 0 saturated heterocycles. The first-order valence-corrected chi connectivity index (χ1v) is 11.7. The molecule has 1 aliphatic heterocycles. The van der Waals surface area contributed by atoms with Crippen LogP contribution in [-0.4, -0.2) is 35.4 Å². The van der Waals surface area contributed by atoms with Gasteiger partial charge >= 0.3 is 0 Å². The number of amides is 1. The SMILES string of the molecule is CC1(c2ccc(Cl)c(O)c2)C(=O)Nc2nc(-c3cn4ccnc4c(Cc4cccc(F)c4)n3)nc(N)c21. The van der Waals surface area contributed by atoms with Gasteiger partial charge in [-0.2, -0.15) is 0 Å². The zero-order valence-electron chi connectivity index (χ0n) is 19.4. The van der Waals surface area contributed by atoms with Crippen LogP contribution >= 0.6 is 11.6 Å². The van der Waals surface area contributed by atoms with Gasteiger partial charge in [-0.15, -0.1) is 0 Å². The van der Waals surface area contributed by atoms with Crippen LogP contribution in [-0.2, 0) is 16.6 Å². The summed E-state index contributed by atoms with van der Waals surface area (Å²) < 4.78 is 15.5. The number of nitrogens with one attached hydrogen (secondary N) is 1. The van der Waals surface area contributed by atoms with Crippen LogP contribution in [0.1, 0.15) is 29.3 Å². The van der Waals surface area contributed by atoms with Crippen LogP contribution in [0.3, 0.4) is 0 Å². The van der Waals surface area contributed by atoms with E-state index in [1.165, 1.54) is 24.3 Å². The summed E-state index contributed by atoms with van der Waals surface area (Å²) in [4.78, 5) is 31.3. The lowest BCUT2D eigenvalue weighted by atomic mass is 9.77. The number of imidazole rings is 1. The minimum Gasteiger partial charge on any atom is -0.506 e. The molecule has 0 bridgehead atoms. The number of phenols is 1. The second-order valence-electron chi connectivity index (χ2n) is 8.94. The lowest BCUT2D eigenvalue weighted by Gasteiger charge is -2.23. The molecular formula is C26H19ClFN7O2. The summed E-state index contributed by atoms with van der Waals surface area (Å²) in [7, 11) is 0. The van der Waals surface area contributed by atoms with E-state index in [9.17, 15) is 14.3 Å². The summed E-state index contributed by atoms with van der Waals surface area (Å²) in [5.41, 5.74) is 8.39. The Bertz CT molecular complexity index is 1740. The molecular weight excluding hydrogens is 497 g/mol. The number of carbonyl (C=O) groups is 1. The van der Waals surface area contributed by atoms with E-state index in [-0.39, 0.29) is 40.0 Å². The molecule has 184 valence electrons. The Labute approximate surface area is 214 Å². The number of fused-ring (bicyclic) bond motifs is 2. The maximum atomic E-state index is 13.8. The molecule has 37 heavy (non-hydrogen) atoms. The number of benzene rings is 2. The van der Waals surface area contributed by atoms with Gasteiger partial charge in [0.05, 0.1) is 16.3 Å². The largest absolute Gasteiger partial charge is 0.506 e. The van der Waals surface area contributed by atoms with Gasteiger partial charge in [-0.1, -0.05) is 29.8 Å². The van der Waals surface area contributed by atoms with E-state index in [0.29, 0.717) is 34.6 Å². The molecule has 0 fully saturated rings. The van der Waals surface area contributed by atoms with Crippen molar-refractivity contribution in [1.82, 2.24) is 24.3 Å². The Morgan fingerprint density at radius 1 is 1.19 bits per heavy atom. The zero-order valence-corrected chi connectivity index (χ0v) is 20.2. The molecule has 2 aromatic carbocycles. The highest BCUT2D eigenvalue weighted by molar-refractivity contribution is 6.32. The van der Waals surface area contributed by atoms with Crippen molar-refractivity contribution in [3.05, 3.63) is 94.3 Å². The summed E-state index contributed by atoms with van der Waals surface area (Å²) in [5.74, 6) is -0.307. The highest BCUT2D eigenvalue weighted by atomic mass is 35.5. The number of halogens is 2. The maximum absolute atomic E-state index is 13.8. The summed E-state index contributed by atoms with van der Waals surface area (Å²) >= 11 is 5.96. The summed E-state index contributed by atoms with van der Waals surface area (Å²) in [6, 6.07) is 10.9. The molecule has 5 aromatic rings. The van der Waals surface area contributed by atoms with E-state index in [0.717, 1.165) is 5.56 Å². The highest BCUT2D eigenvalue weighted by Crippen LogP contribution is 2.46. The standard InChI is InChI=1S/C26H19ClFN7O2/c1-26(14-5-6-16(27)19(36)11-14)20-21(29)32-22(33-23(20)34-25(26)37)18-12-35-8-7-30-24(35)17(31-18)10-13-3-2-4-15(28)9-13/h2-9,11-12,36H,10H2,1H3,(H3,29,32,33,34,37). The molecule has 1 amide bonds. The van der Waals surface area contributed by atoms with E-state index in [1.807, 2.05) is 6.07 Å². The lowest BCUT2D eigenvalue weighted by molar-refractivity contribution is -0.119. The number of aromatic hydroxyl groups is 1. The van der Waals surface area contributed by atoms with Crippen molar-refractivity contribution >= 4 is 34.8 Å². The lowest BCUT2D eigenvalue weighted by Crippen LogP contribution is -2.32. The van der Waals surface area contributed by atoms with E-state index >= 15 is 0 Å². The van der Waals surface area contributed by atoms with Crippen LogP contribution in [0.5, 0.6) is 5.75 Å². The average Bonchev–Trinajstić information content (AvgIpc) is 3.44. The van der Waals surface area contributed by atoms with E-state index in [2.05, 4.69) is 20.3 Å².